The van der Waals surface area contributed by atoms with Gasteiger partial charge in [-0.25, -0.2) is 13.4 Å². The van der Waals surface area contributed by atoms with Gasteiger partial charge in [-0.05, 0) is 55.5 Å². The summed E-state index contributed by atoms with van der Waals surface area (Å²) < 4.78 is 27.5. The number of anilines is 2. The summed E-state index contributed by atoms with van der Waals surface area (Å²) in [4.78, 5) is 20.8. The van der Waals surface area contributed by atoms with Crippen molar-refractivity contribution in [2.24, 2.45) is 0 Å². The summed E-state index contributed by atoms with van der Waals surface area (Å²) in [6, 6.07) is 15.9. The Morgan fingerprint density at radius 3 is 2.39 bits per heavy atom. The lowest BCUT2D eigenvalue weighted by atomic mass is 10.1. The Balaban J connectivity index is 1.48. The first kappa shape index (κ1) is 20.2. The molecule has 9 nitrogen and oxygen atoms in total. The molecule has 0 bridgehead atoms. The number of nitrogens with zero attached hydrogens (tertiary/aromatic N) is 3. The van der Waals surface area contributed by atoms with Gasteiger partial charge in [-0.1, -0.05) is 12.1 Å². The maximum absolute atomic E-state index is 12.6. The molecule has 0 aliphatic carbocycles. The molecule has 10 heteroatoms. The normalized spacial score (nSPS) is 11.1. The molecule has 2 heterocycles. The Bertz CT molecular complexity index is 1320. The van der Waals surface area contributed by atoms with Gasteiger partial charge in [0.1, 0.15) is 5.82 Å². The second-order valence-corrected chi connectivity index (χ2v) is 8.33. The smallest absolute Gasteiger partial charge is 0.261 e. The summed E-state index contributed by atoms with van der Waals surface area (Å²) >= 11 is 0. The molecule has 0 atom stereocenters. The van der Waals surface area contributed by atoms with Gasteiger partial charge >= 0.3 is 0 Å². The molecule has 0 radical (unpaired) electrons. The van der Waals surface area contributed by atoms with Crippen molar-refractivity contribution in [2.45, 2.75) is 11.8 Å². The van der Waals surface area contributed by atoms with Crippen molar-refractivity contribution in [3.63, 3.8) is 0 Å². The van der Waals surface area contributed by atoms with Gasteiger partial charge in [0.2, 0.25) is 0 Å². The average Bonchev–Trinajstić information content (AvgIpc) is 3.21. The van der Waals surface area contributed by atoms with Crippen molar-refractivity contribution in [1.29, 1.82) is 0 Å². The van der Waals surface area contributed by atoms with Crippen LogP contribution in [-0.2, 0) is 10.0 Å². The lowest BCUT2D eigenvalue weighted by molar-refractivity contribution is 0.102. The number of carbonyl (C=O) groups excluding carboxylic acids is 1. The number of sulfonamides is 1. The van der Waals surface area contributed by atoms with Crippen LogP contribution in [0.4, 0.5) is 11.4 Å². The predicted octanol–water partition coefficient (Wildman–Crippen LogP) is 3.23. The van der Waals surface area contributed by atoms with Crippen LogP contribution >= 0.6 is 0 Å². The topological polar surface area (TPSA) is 130 Å². The third-order valence-corrected chi connectivity index (χ3v) is 5.73. The summed E-state index contributed by atoms with van der Waals surface area (Å²) in [6.45, 7) is 1.80. The highest BCUT2D eigenvalue weighted by Gasteiger charge is 2.15. The number of rotatable bonds is 6. The van der Waals surface area contributed by atoms with Crippen LogP contribution in [0.5, 0.6) is 0 Å². The second-order valence-electron chi connectivity index (χ2n) is 6.65. The van der Waals surface area contributed by atoms with Crippen LogP contribution in [-0.4, -0.2) is 34.5 Å². The van der Waals surface area contributed by atoms with Crippen molar-refractivity contribution < 1.29 is 13.2 Å². The molecule has 0 aliphatic rings. The Hall–Kier alpha value is -4.05. The molecule has 31 heavy (non-hydrogen) atoms. The summed E-state index contributed by atoms with van der Waals surface area (Å²) in [5, 5.41) is 9.69. The fourth-order valence-electron chi connectivity index (χ4n) is 2.83. The zero-order valence-electron chi connectivity index (χ0n) is 16.4. The molecule has 0 fully saturated rings. The van der Waals surface area contributed by atoms with Gasteiger partial charge in [0.05, 0.1) is 10.6 Å². The van der Waals surface area contributed by atoms with Crippen molar-refractivity contribution in [3.8, 4) is 11.4 Å². The number of hydrogen-bond acceptors (Lipinski definition) is 6. The third kappa shape index (κ3) is 4.75. The van der Waals surface area contributed by atoms with Gasteiger partial charge in [-0.3, -0.25) is 19.6 Å². The number of amides is 1. The molecule has 0 unspecified atom stereocenters. The van der Waals surface area contributed by atoms with Gasteiger partial charge in [0, 0.05) is 29.2 Å². The standard InChI is InChI=1S/C21H18N6O3S/c1-14-23-20(26-25-14)16-3-2-4-18(13-16)24-21(28)15-5-7-19(8-6-15)31(29,30)27-17-9-11-22-12-10-17/h2-13H,1H3,(H,22,27)(H,24,28)(H,23,25,26). The number of hydrogen-bond donors (Lipinski definition) is 3. The third-order valence-electron chi connectivity index (χ3n) is 4.34. The fourth-order valence-corrected chi connectivity index (χ4v) is 3.89. The molecular formula is C21H18N6O3S. The number of aryl methyl sites for hydroxylation is 1. The van der Waals surface area contributed by atoms with E-state index in [1.807, 2.05) is 6.07 Å². The zero-order chi connectivity index (χ0) is 21.8. The minimum atomic E-state index is -3.78. The highest BCUT2D eigenvalue weighted by atomic mass is 32.2. The maximum atomic E-state index is 12.6. The van der Waals surface area contributed by atoms with Crippen molar-refractivity contribution in [1.82, 2.24) is 20.2 Å². The van der Waals surface area contributed by atoms with Crippen LogP contribution < -0.4 is 10.0 Å². The molecule has 2 aromatic heterocycles. The Morgan fingerprint density at radius 1 is 0.968 bits per heavy atom. The van der Waals surface area contributed by atoms with Crippen LogP contribution in [0.2, 0.25) is 0 Å². The van der Waals surface area contributed by atoms with Crippen LogP contribution in [0.3, 0.4) is 0 Å². The van der Waals surface area contributed by atoms with E-state index < -0.39 is 10.0 Å². The highest BCUT2D eigenvalue weighted by Crippen LogP contribution is 2.21. The van der Waals surface area contributed by atoms with Crippen molar-refractivity contribution in [2.75, 3.05) is 10.0 Å². The monoisotopic (exact) mass is 434 g/mol. The lowest BCUT2D eigenvalue weighted by Crippen LogP contribution is -2.15. The van der Waals surface area contributed by atoms with E-state index in [1.54, 1.807) is 37.3 Å². The van der Waals surface area contributed by atoms with Crippen LogP contribution in [0, 0.1) is 6.92 Å². The van der Waals surface area contributed by atoms with E-state index in [4.69, 9.17) is 0 Å². The minimum absolute atomic E-state index is 0.0443. The Kier molecular flexibility index (Phi) is 5.46. The second kappa shape index (κ2) is 8.36. The van der Waals surface area contributed by atoms with Gasteiger partial charge in [-0.15, -0.1) is 0 Å². The van der Waals surface area contributed by atoms with Gasteiger partial charge in [0.25, 0.3) is 15.9 Å². The SMILES string of the molecule is Cc1nc(-c2cccc(NC(=O)c3ccc(S(=O)(=O)Nc4ccncc4)cc3)c2)n[nH]1. The van der Waals surface area contributed by atoms with Gasteiger partial charge < -0.3 is 5.32 Å². The maximum Gasteiger partial charge on any atom is 0.261 e. The van der Waals surface area contributed by atoms with E-state index in [-0.39, 0.29) is 10.8 Å². The van der Waals surface area contributed by atoms with E-state index in [0.29, 0.717) is 28.6 Å². The number of benzene rings is 2. The molecule has 2 aromatic carbocycles. The van der Waals surface area contributed by atoms with E-state index in [1.165, 1.54) is 36.7 Å². The number of nitrogens with one attached hydrogen (secondary N) is 3. The van der Waals surface area contributed by atoms with Crippen molar-refractivity contribution >= 4 is 27.3 Å². The number of aromatic nitrogens is 4. The number of carbonyl (C=O) groups is 1. The Morgan fingerprint density at radius 2 is 1.71 bits per heavy atom. The van der Waals surface area contributed by atoms with Crippen LogP contribution in [0.1, 0.15) is 16.2 Å². The Labute approximate surface area is 178 Å². The summed E-state index contributed by atoms with van der Waals surface area (Å²) in [5.74, 6) is 0.858. The first-order valence-corrected chi connectivity index (χ1v) is 10.7. The first-order valence-electron chi connectivity index (χ1n) is 9.24. The quantitative estimate of drug-likeness (QED) is 0.427. The molecule has 0 spiro atoms. The molecule has 0 aliphatic heterocycles. The van der Waals surface area contributed by atoms with Gasteiger partial charge in [0.15, 0.2) is 5.82 Å². The lowest BCUT2D eigenvalue weighted by Gasteiger charge is -2.09. The van der Waals surface area contributed by atoms with Gasteiger partial charge in [-0.2, -0.15) is 5.10 Å². The molecule has 0 saturated heterocycles. The summed E-state index contributed by atoms with van der Waals surface area (Å²) in [7, 11) is -3.78. The number of aromatic amines is 1. The molecule has 0 saturated carbocycles. The predicted molar refractivity (Wildman–Crippen MR) is 116 cm³/mol. The fraction of sp³-hybridized carbons (Fsp3) is 0.0476. The first-order chi connectivity index (χ1) is 14.9. The molecule has 3 N–H and O–H groups in total. The summed E-state index contributed by atoms with van der Waals surface area (Å²) in [6.07, 6.45) is 2.98. The molecule has 156 valence electrons. The highest BCUT2D eigenvalue weighted by molar-refractivity contribution is 7.92. The van der Waals surface area contributed by atoms with E-state index >= 15 is 0 Å². The average molecular weight is 434 g/mol. The molecule has 4 rings (SSSR count). The summed E-state index contributed by atoms with van der Waals surface area (Å²) in [5.41, 5.74) is 2.05. The van der Waals surface area contributed by atoms with Crippen molar-refractivity contribution in [3.05, 3.63) is 84.4 Å². The van der Waals surface area contributed by atoms with Crippen LogP contribution in [0.25, 0.3) is 11.4 Å². The minimum Gasteiger partial charge on any atom is -0.322 e. The number of H-pyrrole nitrogens is 1. The van der Waals surface area contributed by atoms with E-state index in [9.17, 15) is 13.2 Å². The largest absolute Gasteiger partial charge is 0.322 e. The zero-order valence-corrected chi connectivity index (χ0v) is 17.2. The molecule has 4 aromatic rings. The van der Waals surface area contributed by atoms with Crippen LogP contribution in [0.15, 0.2) is 78.0 Å². The number of pyridine rings is 1. The van der Waals surface area contributed by atoms with E-state index in [0.717, 1.165) is 5.56 Å². The van der Waals surface area contributed by atoms with E-state index in [2.05, 4.69) is 30.2 Å². The molecular weight excluding hydrogens is 416 g/mol. The molecule has 1 amide bonds.